The van der Waals surface area contributed by atoms with Crippen molar-refractivity contribution in [3.05, 3.63) is 22.9 Å². The maximum absolute atomic E-state index is 12.2. The van der Waals surface area contributed by atoms with Crippen LogP contribution < -0.4 is 15.4 Å². The van der Waals surface area contributed by atoms with Crippen LogP contribution in [0.3, 0.4) is 0 Å². The summed E-state index contributed by atoms with van der Waals surface area (Å²) >= 11 is 0. The van der Waals surface area contributed by atoms with Crippen molar-refractivity contribution >= 4 is 11.8 Å². The van der Waals surface area contributed by atoms with E-state index in [0.29, 0.717) is 17.5 Å². The quantitative estimate of drug-likeness (QED) is 0.831. The first kappa shape index (κ1) is 13.9. The predicted octanol–water partition coefficient (Wildman–Crippen LogP) is 0.587. The van der Waals surface area contributed by atoms with Gasteiger partial charge in [0.1, 0.15) is 5.56 Å². The van der Waals surface area contributed by atoms with Gasteiger partial charge in [-0.25, -0.2) is 4.98 Å². The second-order valence-electron chi connectivity index (χ2n) is 5.53. The molecule has 1 heterocycles. The second kappa shape index (κ2) is 5.71. The molecule has 0 atom stereocenters. The maximum atomic E-state index is 12.2. The lowest BCUT2D eigenvalue weighted by atomic mass is 10.1. The van der Waals surface area contributed by atoms with E-state index in [4.69, 9.17) is 4.74 Å². The monoisotopic (exact) mass is 289 g/mol. The zero-order chi connectivity index (χ0) is 14.8. The molecule has 112 valence electrons. The lowest BCUT2D eigenvalue weighted by molar-refractivity contribution is -0.120. The summed E-state index contributed by atoms with van der Waals surface area (Å²) < 4.78 is 5.20. The Hall–Kier alpha value is -2.11. The summed E-state index contributed by atoms with van der Waals surface area (Å²) in [6.07, 6.45) is 4.98. The fourth-order valence-corrected chi connectivity index (χ4v) is 2.53. The Labute approximate surface area is 123 Å². The Morgan fingerprint density at radius 2 is 2.19 bits per heavy atom. The third kappa shape index (κ3) is 3.15. The van der Waals surface area contributed by atoms with Crippen LogP contribution in [0, 0.1) is 0 Å². The number of hydrogen-bond donors (Lipinski definition) is 2. The molecular weight excluding hydrogens is 270 g/mol. The van der Waals surface area contributed by atoms with Crippen LogP contribution in [0.1, 0.15) is 40.9 Å². The highest BCUT2D eigenvalue weighted by atomic mass is 16.5. The minimum atomic E-state index is -0.319. The highest BCUT2D eigenvalue weighted by molar-refractivity contribution is 5.98. The number of fused-ring (bicyclic) bond motifs is 1. The van der Waals surface area contributed by atoms with Gasteiger partial charge in [-0.2, -0.15) is 0 Å². The molecule has 0 aromatic carbocycles. The van der Waals surface area contributed by atoms with Gasteiger partial charge in [0.05, 0.1) is 13.7 Å². The zero-order valence-corrected chi connectivity index (χ0v) is 12.1. The van der Waals surface area contributed by atoms with Gasteiger partial charge >= 0.3 is 0 Å². The van der Waals surface area contributed by atoms with Gasteiger partial charge in [0.25, 0.3) is 5.91 Å². The Bertz CT molecular complexity index is 582. The van der Waals surface area contributed by atoms with Crippen molar-refractivity contribution in [2.45, 2.75) is 38.1 Å². The number of pyridine rings is 1. The topological polar surface area (TPSA) is 80.3 Å². The SMILES string of the molecule is COc1nc2c(cc1C(=O)NCC(=O)NC1CC1)CCC2. The van der Waals surface area contributed by atoms with Crippen molar-refractivity contribution < 1.29 is 14.3 Å². The summed E-state index contributed by atoms with van der Waals surface area (Å²) in [7, 11) is 1.50. The minimum Gasteiger partial charge on any atom is -0.480 e. The average Bonchev–Trinajstić information content (AvgIpc) is 3.17. The van der Waals surface area contributed by atoms with E-state index in [-0.39, 0.29) is 18.4 Å². The number of carbonyl (C=O) groups excluding carboxylic acids is 2. The summed E-state index contributed by atoms with van der Waals surface area (Å²) in [6, 6.07) is 2.13. The number of hydrogen-bond acceptors (Lipinski definition) is 4. The van der Waals surface area contributed by atoms with Crippen molar-refractivity contribution in [3.63, 3.8) is 0 Å². The van der Waals surface area contributed by atoms with Gasteiger partial charge in [0, 0.05) is 11.7 Å². The van der Waals surface area contributed by atoms with E-state index in [1.54, 1.807) is 0 Å². The highest BCUT2D eigenvalue weighted by Gasteiger charge is 2.24. The van der Waals surface area contributed by atoms with Crippen LogP contribution >= 0.6 is 0 Å². The number of rotatable bonds is 5. The largest absolute Gasteiger partial charge is 0.480 e. The molecule has 2 aliphatic carbocycles. The Kier molecular flexibility index (Phi) is 3.77. The molecule has 1 saturated carbocycles. The van der Waals surface area contributed by atoms with Crippen molar-refractivity contribution in [1.29, 1.82) is 0 Å². The van der Waals surface area contributed by atoms with E-state index >= 15 is 0 Å². The first-order valence-corrected chi connectivity index (χ1v) is 7.31. The molecule has 0 saturated heterocycles. The van der Waals surface area contributed by atoms with Crippen molar-refractivity contribution in [2.75, 3.05) is 13.7 Å². The minimum absolute atomic E-state index is 0.0183. The van der Waals surface area contributed by atoms with Gasteiger partial charge in [0.15, 0.2) is 0 Å². The van der Waals surface area contributed by atoms with Crippen LogP contribution in [0.2, 0.25) is 0 Å². The molecule has 0 bridgehead atoms. The molecule has 3 rings (SSSR count). The Morgan fingerprint density at radius 3 is 2.90 bits per heavy atom. The maximum Gasteiger partial charge on any atom is 0.257 e. The van der Waals surface area contributed by atoms with Gasteiger partial charge in [-0.05, 0) is 43.7 Å². The number of nitrogens with zero attached hydrogens (tertiary/aromatic N) is 1. The standard InChI is InChI=1S/C15H19N3O3/c1-21-15-11(7-9-3-2-4-12(9)18-15)14(20)16-8-13(19)17-10-5-6-10/h7,10H,2-6,8H2,1H3,(H,16,20)(H,17,19). The number of ether oxygens (including phenoxy) is 1. The predicted molar refractivity (Wildman–Crippen MR) is 76.3 cm³/mol. The van der Waals surface area contributed by atoms with Gasteiger partial charge < -0.3 is 15.4 Å². The molecule has 0 spiro atoms. The van der Waals surface area contributed by atoms with Crippen LogP contribution in [0.15, 0.2) is 6.07 Å². The smallest absolute Gasteiger partial charge is 0.257 e. The van der Waals surface area contributed by atoms with Crippen molar-refractivity contribution in [3.8, 4) is 5.88 Å². The average molecular weight is 289 g/mol. The lowest BCUT2D eigenvalue weighted by Crippen LogP contribution is -2.38. The van der Waals surface area contributed by atoms with E-state index in [1.165, 1.54) is 7.11 Å². The number of aryl methyl sites for hydroxylation is 2. The first-order valence-electron chi connectivity index (χ1n) is 7.31. The molecule has 2 N–H and O–H groups in total. The van der Waals surface area contributed by atoms with Crippen molar-refractivity contribution in [1.82, 2.24) is 15.6 Å². The third-order valence-corrected chi connectivity index (χ3v) is 3.81. The number of methoxy groups -OCH3 is 1. The molecular formula is C15H19N3O3. The van der Waals surface area contributed by atoms with Crippen LogP contribution in [-0.2, 0) is 17.6 Å². The second-order valence-corrected chi connectivity index (χ2v) is 5.53. The molecule has 6 heteroatoms. The summed E-state index contributed by atoms with van der Waals surface area (Å²) in [5.74, 6) is -0.144. The van der Waals surface area contributed by atoms with E-state index in [9.17, 15) is 9.59 Å². The van der Waals surface area contributed by atoms with Gasteiger partial charge in [0.2, 0.25) is 11.8 Å². The van der Waals surface area contributed by atoms with Gasteiger partial charge in [-0.15, -0.1) is 0 Å². The van der Waals surface area contributed by atoms with E-state index < -0.39 is 0 Å². The molecule has 1 fully saturated rings. The van der Waals surface area contributed by atoms with Crippen LogP contribution in [0.5, 0.6) is 5.88 Å². The Morgan fingerprint density at radius 1 is 1.38 bits per heavy atom. The first-order chi connectivity index (χ1) is 10.2. The van der Waals surface area contributed by atoms with Gasteiger partial charge in [-0.1, -0.05) is 0 Å². The highest BCUT2D eigenvalue weighted by Crippen LogP contribution is 2.26. The molecule has 0 aliphatic heterocycles. The van der Waals surface area contributed by atoms with Crippen LogP contribution in [0.25, 0.3) is 0 Å². The summed E-state index contributed by atoms with van der Waals surface area (Å²) in [5, 5.41) is 5.46. The number of carbonyl (C=O) groups is 2. The third-order valence-electron chi connectivity index (χ3n) is 3.81. The molecule has 1 aromatic heterocycles. The van der Waals surface area contributed by atoms with E-state index in [2.05, 4.69) is 15.6 Å². The van der Waals surface area contributed by atoms with Crippen LogP contribution in [0.4, 0.5) is 0 Å². The number of nitrogens with one attached hydrogen (secondary N) is 2. The molecule has 21 heavy (non-hydrogen) atoms. The summed E-state index contributed by atoms with van der Waals surface area (Å²) in [6.45, 7) is -0.0183. The summed E-state index contributed by atoms with van der Waals surface area (Å²) in [5.41, 5.74) is 2.51. The molecule has 2 amide bonds. The Balaban J connectivity index is 1.67. The van der Waals surface area contributed by atoms with E-state index in [1.807, 2.05) is 6.07 Å². The normalized spacial score (nSPS) is 16.2. The summed E-state index contributed by atoms with van der Waals surface area (Å²) in [4.78, 5) is 28.2. The molecule has 1 aromatic rings. The molecule has 6 nitrogen and oxygen atoms in total. The molecule has 0 unspecified atom stereocenters. The van der Waals surface area contributed by atoms with E-state index in [0.717, 1.165) is 43.4 Å². The zero-order valence-electron chi connectivity index (χ0n) is 12.1. The fourth-order valence-electron chi connectivity index (χ4n) is 2.53. The fraction of sp³-hybridized carbons (Fsp3) is 0.533. The molecule has 2 aliphatic rings. The van der Waals surface area contributed by atoms with Crippen molar-refractivity contribution in [2.24, 2.45) is 0 Å². The number of amides is 2. The lowest BCUT2D eigenvalue weighted by Gasteiger charge is -2.11. The number of aromatic nitrogens is 1. The van der Waals surface area contributed by atoms with Gasteiger partial charge in [-0.3, -0.25) is 9.59 Å². The molecule has 0 radical (unpaired) electrons. The van der Waals surface area contributed by atoms with Crippen LogP contribution in [-0.4, -0.2) is 36.5 Å².